The quantitative estimate of drug-likeness (QED) is 0.633. The van der Waals surface area contributed by atoms with E-state index in [0.717, 1.165) is 0 Å². The average molecular weight is 188 g/mol. The Bertz CT molecular complexity index is 396. The van der Waals surface area contributed by atoms with Crippen molar-refractivity contribution in [3.05, 3.63) is 28.6 Å². The van der Waals surface area contributed by atoms with E-state index in [1.165, 1.54) is 0 Å². The summed E-state index contributed by atoms with van der Waals surface area (Å²) in [5, 5.41) is 8.29. The number of pyridine rings is 1. The van der Waals surface area contributed by atoms with E-state index in [2.05, 4.69) is 10.2 Å². The smallest absolute Gasteiger partial charge is 0.229 e. The van der Waals surface area contributed by atoms with Crippen LogP contribution < -0.4 is 0 Å². The normalized spacial score (nSPS) is 10.7. The topological polar surface area (TPSA) is 30.2 Å². The van der Waals surface area contributed by atoms with Gasteiger partial charge in [0.1, 0.15) is 0 Å². The minimum atomic E-state index is 0.322. The van der Waals surface area contributed by atoms with Gasteiger partial charge in [-0.05, 0) is 23.7 Å². The van der Waals surface area contributed by atoms with Crippen LogP contribution in [0.2, 0.25) is 10.3 Å². The summed E-state index contributed by atoms with van der Waals surface area (Å²) in [5.41, 5.74) is 0.583. The fourth-order valence-electron chi connectivity index (χ4n) is 0.855. The first kappa shape index (κ1) is 6.88. The van der Waals surface area contributed by atoms with Gasteiger partial charge in [0, 0.05) is 6.20 Å². The first-order valence-electron chi connectivity index (χ1n) is 2.94. The van der Waals surface area contributed by atoms with Crippen molar-refractivity contribution in [2.45, 2.75) is 0 Å². The van der Waals surface area contributed by atoms with Gasteiger partial charge < -0.3 is 0 Å². The number of hydrogen-bond donors (Lipinski definition) is 0. The molecule has 5 heteroatoms. The van der Waals surface area contributed by atoms with E-state index < -0.39 is 0 Å². The molecule has 0 radical (unpaired) electrons. The highest BCUT2D eigenvalue weighted by Crippen LogP contribution is 2.16. The van der Waals surface area contributed by atoms with Crippen LogP contribution in [0.15, 0.2) is 18.3 Å². The van der Waals surface area contributed by atoms with Crippen LogP contribution in [0.1, 0.15) is 0 Å². The number of hydrogen-bond acceptors (Lipinski definition) is 2. The summed E-state index contributed by atoms with van der Waals surface area (Å²) in [6, 6.07) is 3.52. The molecule has 0 aliphatic carbocycles. The average Bonchev–Trinajstić information content (AvgIpc) is 2.35. The fourth-order valence-corrected chi connectivity index (χ4v) is 1.23. The van der Waals surface area contributed by atoms with Crippen LogP contribution >= 0.6 is 23.2 Å². The van der Waals surface area contributed by atoms with Crippen molar-refractivity contribution >= 4 is 28.8 Å². The first-order valence-corrected chi connectivity index (χ1v) is 3.69. The van der Waals surface area contributed by atoms with Gasteiger partial charge in [-0.1, -0.05) is 11.6 Å². The molecular weight excluding hydrogens is 185 g/mol. The Hall–Kier alpha value is -0.800. The number of halogens is 2. The molecule has 0 amide bonds. The van der Waals surface area contributed by atoms with Gasteiger partial charge in [-0.3, -0.25) is 4.40 Å². The molecule has 0 unspecified atom stereocenters. The molecule has 11 heavy (non-hydrogen) atoms. The highest BCUT2D eigenvalue weighted by atomic mass is 35.5. The third-order valence-corrected chi connectivity index (χ3v) is 1.90. The van der Waals surface area contributed by atoms with Crippen molar-refractivity contribution in [3.63, 3.8) is 0 Å². The first-order chi connectivity index (χ1) is 5.29. The summed E-state index contributed by atoms with van der Waals surface area (Å²) in [7, 11) is 0. The third-order valence-electron chi connectivity index (χ3n) is 1.35. The molecule has 3 nitrogen and oxygen atoms in total. The zero-order valence-corrected chi connectivity index (χ0v) is 6.84. The molecule has 0 N–H and O–H groups in total. The molecule has 0 spiro atoms. The van der Waals surface area contributed by atoms with Crippen LogP contribution in [0.25, 0.3) is 5.65 Å². The van der Waals surface area contributed by atoms with E-state index in [9.17, 15) is 0 Å². The molecule has 0 fully saturated rings. The zero-order valence-electron chi connectivity index (χ0n) is 5.33. The number of nitrogens with zero attached hydrogens (tertiary/aromatic N) is 3. The van der Waals surface area contributed by atoms with Gasteiger partial charge in [0.2, 0.25) is 5.28 Å². The molecule has 0 saturated heterocycles. The maximum absolute atomic E-state index is 5.79. The van der Waals surface area contributed by atoms with Crippen LogP contribution in [-0.2, 0) is 0 Å². The molecule has 2 aromatic rings. The van der Waals surface area contributed by atoms with Crippen LogP contribution in [0, 0.1) is 0 Å². The highest BCUT2D eigenvalue weighted by Gasteiger charge is 2.03. The molecule has 0 aliphatic heterocycles. The Morgan fingerprint density at radius 1 is 1.27 bits per heavy atom. The maximum Gasteiger partial charge on any atom is 0.229 e. The molecule has 56 valence electrons. The summed E-state index contributed by atoms with van der Waals surface area (Å²) < 4.78 is 1.61. The van der Waals surface area contributed by atoms with Gasteiger partial charge in [0.05, 0.1) is 5.02 Å². The van der Waals surface area contributed by atoms with Crippen molar-refractivity contribution in [3.8, 4) is 0 Å². The lowest BCUT2D eigenvalue weighted by Crippen LogP contribution is -1.82. The van der Waals surface area contributed by atoms with E-state index in [-0.39, 0.29) is 0 Å². The van der Waals surface area contributed by atoms with E-state index in [1.54, 1.807) is 22.7 Å². The molecule has 0 bridgehead atoms. The highest BCUT2D eigenvalue weighted by molar-refractivity contribution is 6.34. The molecule has 2 aromatic heterocycles. The lowest BCUT2D eigenvalue weighted by molar-refractivity contribution is 1.10. The van der Waals surface area contributed by atoms with Gasteiger partial charge in [0.25, 0.3) is 0 Å². The number of rotatable bonds is 0. The molecule has 0 aromatic carbocycles. The predicted octanol–water partition coefficient (Wildman–Crippen LogP) is 2.04. The standard InChI is InChI=1S/C6H3Cl2N3/c7-4-2-1-3-11-5(4)9-10-6(11)8/h1-3H. The molecule has 0 aliphatic rings. The SMILES string of the molecule is Clc1cccn2c(Cl)nnc12. The Kier molecular flexibility index (Phi) is 1.47. The number of aromatic nitrogens is 3. The Balaban J connectivity index is 2.94. The number of fused-ring (bicyclic) bond motifs is 1. The second-order valence-corrected chi connectivity index (χ2v) is 2.76. The van der Waals surface area contributed by atoms with Crippen molar-refractivity contribution in [1.82, 2.24) is 14.6 Å². The van der Waals surface area contributed by atoms with Crippen molar-refractivity contribution in [2.75, 3.05) is 0 Å². The fraction of sp³-hybridized carbons (Fsp3) is 0. The lowest BCUT2D eigenvalue weighted by Gasteiger charge is -1.92. The monoisotopic (exact) mass is 187 g/mol. The zero-order chi connectivity index (χ0) is 7.84. The van der Waals surface area contributed by atoms with Gasteiger partial charge in [0.15, 0.2) is 5.65 Å². The van der Waals surface area contributed by atoms with E-state index in [1.807, 2.05) is 0 Å². The molecular formula is C6H3Cl2N3. The van der Waals surface area contributed by atoms with Gasteiger partial charge in [-0.2, -0.15) is 0 Å². The second-order valence-electron chi connectivity index (χ2n) is 2.02. The predicted molar refractivity (Wildman–Crippen MR) is 43.0 cm³/mol. The lowest BCUT2D eigenvalue weighted by atomic mass is 10.5. The molecule has 0 atom stereocenters. The summed E-state index contributed by atoms with van der Waals surface area (Å²) in [5.74, 6) is 0. The maximum atomic E-state index is 5.79. The van der Waals surface area contributed by atoms with Crippen LogP contribution in [0.4, 0.5) is 0 Å². The summed E-state index contributed by atoms with van der Waals surface area (Å²) in [6.07, 6.45) is 1.75. The Morgan fingerprint density at radius 3 is 2.82 bits per heavy atom. The summed E-state index contributed by atoms with van der Waals surface area (Å²) >= 11 is 11.5. The second kappa shape index (κ2) is 2.36. The third kappa shape index (κ3) is 0.968. The minimum Gasteiger partial charge on any atom is -0.272 e. The summed E-state index contributed by atoms with van der Waals surface area (Å²) in [6.45, 7) is 0. The Morgan fingerprint density at radius 2 is 2.09 bits per heavy atom. The molecule has 2 rings (SSSR count). The van der Waals surface area contributed by atoms with Crippen molar-refractivity contribution in [2.24, 2.45) is 0 Å². The molecule has 2 heterocycles. The molecule has 0 saturated carbocycles. The summed E-state index contributed by atoms with van der Waals surface area (Å²) in [4.78, 5) is 0. The minimum absolute atomic E-state index is 0.322. The van der Waals surface area contributed by atoms with Crippen LogP contribution in [0.5, 0.6) is 0 Å². The van der Waals surface area contributed by atoms with E-state index in [4.69, 9.17) is 23.2 Å². The van der Waals surface area contributed by atoms with E-state index in [0.29, 0.717) is 16.0 Å². The van der Waals surface area contributed by atoms with Crippen molar-refractivity contribution in [1.29, 1.82) is 0 Å². The van der Waals surface area contributed by atoms with Crippen LogP contribution in [-0.4, -0.2) is 14.6 Å². The van der Waals surface area contributed by atoms with Crippen molar-refractivity contribution < 1.29 is 0 Å². The van der Waals surface area contributed by atoms with E-state index >= 15 is 0 Å². The van der Waals surface area contributed by atoms with Gasteiger partial charge >= 0.3 is 0 Å². The van der Waals surface area contributed by atoms with Gasteiger partial charge in [-0.25, -0.2) is 0 Å². The van der Waals surface area contributed by atoms with Crippen LogP contribution in [0.3, 0.4) is 0 Å². The van der Waals surface area contributed by atoms with Gasteiger partial charge in [-0.15, -0.1) is 10.2 Å². The Labute approximate surface area is 72.6 Å². The largest absolute Gasteiger partial charge is 0.272 e.